The molecule has 2 aliphatic rings. The van der Waals surface area contributed by atoms with E-state index in [1.54, 1.807) is 12.7 Å². The van der Waals surface area contributed by atoms with Crippen LogP contribution in [0.15, 0.2) is 18.2 Å². The third-order valence-corrected chi connectivity index (χ3v) is 7.71. The summed E-state index contributed by atoms with van der Waals surface area (Å²) in [6.07, 6.45) is 17.9. The molecule has 1 aliphatic carbocycles. The van der Waals surface area contributed by atoms with Crippen LogP contribution in [-0.4, -0.2) is 36.1 Å². The monoisotopic (exact) mass is 410 g/mol. The molecular formula is C27H42N2O. The summed E-state index contributed by atoms with van der Waals surface area (Å²) >= 11 is 0. The third kappa shape index (κ3) is 5.22. The van der Waals surface area contributed by atoms with Crippen molar-refractivity contribution in [1.82, 2.24) is 9.88 Å². The van der Waals surface area contributed by atoms with E-state index in [1.807, 2.05) is 0 Å². The molecule has 1 atom stereocenters. The van der Waals surface area contributed by atoms with Crippen molar-refractivity contribution < 1.29 is 4.74 Å². The third-order valence-electron chi connectivity index (χ3n) is 7.71. The van der Waals surface area contributed by atoms with Gasteiger partial charge in [-0.05, 0) is 74.8 Å². The first-order chi connectivity index (χ1) is 14.8. The van der Waals surface area contributed by atoms with Crippen LogP contribution in [0.2, 0.25) is 0 Å². The van der Waals surface area contributed by atoms with Gasteiger partial charge in [0.05, 0.1) is 7.11 Å². The van der Waals surface area contributed by atoms with Crippen LogP contribution in [0.5, 0.6) is 5.75 Å². The highest BCUT2D eigenvalue weighted by atomic mass is 16.5. The minimum absolute atomic E-state index is 0.820. The van der Waals surface area contributed by atoms with Crippen molar-refractivity contribution in [2.24, 2.45) is 5.92 Å². The Morgan fingerprint density at radius 1 is 1.03 bits per heavy atom. The fourth-order valence-electron chi connectivity index (χ4n) is 5.95. The molecule has 1 saturated heterocycles. The second kappa shape index (κ2) is 10.7. The first kappa shape index (κ1) is 21.7. The van der Waals surface area contributed by atoms with Gasteiger partial charge < -0.3 is 14.6 Å². The summed E-state index contributed by atoms with van der Waals surface area (Å²) in [5.74, 6) is 1.96. The molecule has 4 rings (SSSR count). The van der Waals surface area contributed by atoms with Crippen LogP contribution in [0.25, 0.3) is 10.9 Å². The second-order valence-corrected chi connectivity index (χ2v) is 9.77. The molecular weight excluding hydrogens is 368 g/mol. The molecule has 3 heteroatoms. The zero-order valence-electron chi connectivity index (χ0n) is 19.3. The molecule has 30 heavy (non-hydrogen) atoms. The molecule has 2 aromatic rings. The minimum atomic E-state index is 0.820. The van der Waals surface area contributed by atoms with Crippen molar-refractivity contribution in [1.29, 1.82) is 0 Å². The van der Waals surface area contributed by atoms with Crippen molar-refractivity contribution in [3.8, 4) is 5.75 Å². The van der Waals surface area contributed by atoms with Gasteiger partial charge in [0.1, 0.15) is 5.75 Å². The van der Waals surface area contributed by atoms with Gasteiger partial charge in [-0.3, -0.25) is 0 Å². The number of nitrogens with zero attached hydrogens (tertiary/aromatic N) is 1. The maximum Gasteiger partial charge on any atom is 0.119 e. The van der Waals surface area contributed by atoms with Gasteiger partial charge in [-0.15, -0.1) is 0 Å². The van der Waals surface area contributed by atoms with Gasteiger partial charge in [-0.25, -0.2) is 0 Å². The van der Waals surface area contributed by atoms with E-state index in [-0.39, 0.29) is 0 Å². The summed E-state index contributed by atoms with van der Waals surface area (Å²) in [6.45, 7) is 4.79. The van der Waals surface area contributed by atoms with Crippen molar-refractivity contribution in [2.45, 2.75) is 96.4 Å². The van der Waals surface area contributed by atoms with E-state index in [0.29, 0.717) is 0 Å². The van der Waals surface area contributed by atoms with Crippen LogP contribution in [0.3, 0.4) is 0 Å². The molecule has 0 amide bonds. The van der Waals surface area contributed by atoms with E-state index >= 15 is 0 Å². The number of aromatic nitrogens is 1. The minimum Gasteiger partial charge on any atom is -0.497 e. The molecule has 2 fully saturated rings. The molecule has 0 radical (unpaired) electrons. The average molecular weight is 411 g/mol. The number of rotatable bonds is 9. The van der Waals surface area contributed by atoms with Crippen LogP contribution >= 0.6 is 0 Å². The Hall–Kier alpha value is -1.48. The molecule has 0 bridgehead atoms. The van der Waals surface area contributed by atoms with Gasteiger partial charge in [0.25, 0.3) is 0 Å². The number of piperidine rings is 1. The lowest BCUT2D eigenvalue weighted by Gasteiger charge is -2.38. The summed E-state index contributed by atoms with van der Waals surface area (Å²) in [4.78, 5) is 6.59. The lowest BCUT2D eigenvalue weighted by Crippen LogP contribution is -2.42. The predicted octanol–water partition coefficient (Wildman–Crippen LogP) is 6.89. The van der Waals surface area contributed by atoms with Crippen LogP contribution in [0.4, 0.5) is 0 Å². The van der Waals surface area contributed by atoms with Crippen molar-refractivity contribution in [3.63, 3.8) is 0 Å². The highest BCUT2D eigenvalue weighted by molar-refractivity contribution is 5.86. The van der Waals surface area contributed by atoms with Gasteiger partial charge in [0, 0.05) is 29.2 Å². The number of nitrogens with one attached hydrogen (secondary N) is 1. The average Bonchev–Trinajstić information content (AvgIpc) is 3.14. The topological polar surface area (TPSA) is 28.3 Å². The fraction of sp³-hybridized carbons (Fsp3) is 0.704. The summed E-state index contributed by atoms with van der Waals surface area (Å²) < 4.78 is 5.54. The van der Waals surface area contributed by atoms with E-state index in [2.05, 4.69) is 35.0 Å². The maximum absolute atomic E-state index is 5.54. The molecule has 2 heterocycles. The zero-order valence-corrected chi connectivity index (χ0v) is 19.3. The lowest BCUT2D eigenvalue weighted by atomic mass is 9.82. The molecule has 1 saturated carbocycles. The standard InChI is InChI=1S/C27H42N2O/c1-3-4-13-26-24(25-20-23(30-2)14-15-27(25)28-26)16-18-29-17-9-8-12-22(29)19-21-10-6-5-7-11-21/h14-15,20-22,28H,3-13,16-19H2,1-2H3. The number of aryl methyl sites for hydroxylation is 1. The SMILES string of the molecule is CCCCc1[nH]c2ccc(OC)cc2c1CCN1CCCCC1CC1CCCCC1. The Morgan fingerprint density at radius 2 is 1.87 bits per heavy atom. The van der Waals surface area contributed by atoms with Gasteiger partial charge >= 0.3 is 0 Å². The summed E-state index contributed by atoms with van der Waals surface area (Å²) in [5.41, 5.74) is 4.27. The Bertz CT molecular complexity index is 790. The highest BCUT2D eigenvalue weighted by Gasteiger charge is 2.26. The van der Waals surface area contributed by atoms with Gasteiger partial charge in [0.15, 0.2) is 0 Å². The van der Waals surface area contributed by atoms with E-state index < -0.39 is 0 Å². The number of unbranched alkanes of at least 4 members (excludes halogenated alkanes) is 1. The number of H-pyrrole nitrogens is 1. The summed E-state index contributed by atoms with van der Waals surface area (Å²) in [5, 5.41) is 1.38. The Morgan fingerprint density at radius 3 is 2.67 bits per heavy atom. The van der Waals surface area contributed by atoms with Crippen LogP contribution in [0, 0.1) is 5.92 Å². The quantitative estimate of drug-likeness (QED) is 0.488. The molecule has 1 unspecified atom stereocenters. The number of hydrogen-bond acceptors (Lipinski definition) is 2. The summed E-state index contributed by atoms with van der Waals surface area (Å²) in [6, 6.07) is 7.34. The predicted molar refractivity (Wildman–Crippen MR) is 128 cm³/mol. The smallest absolute Gasteiger partial charge is 0.119 e. The molecule has 166 valence electrons. The zero-order chi connectivity index (χ0) is 20.8. The van der Waals surface area contributed by atoms with Gasteiger partial charge in [-0.2, -0.15) is 0 Å². The molecule has 3 nitrogen and oxygen atoms in total. The Balaban J connectivity index is 1.48. The number of fused-ring (bicyclic) bond motifs is 1. The molecule has 1 aromatic carbocycles. The van der Waals surface area contributed by atoms with Crippen molar-refractivity contribution in [2.75, 3.05) is 20.2 Å². The maximum atomic E-state index is 5.54. The Labute approximate surface area is 183 Å². The van der Waals surface area contributed by atoms with E-state index in [0.717, 1.165) is 30.6 Å². The van der Waals surface area contributed by atoms with E-state index in [1.165, 1.54) is 100 Å². The fourth-order valence-corrected chi connectivity index (χ4v) is 5.95. The van der Waals surface area contributed by atoms with Crippen LogP contribution in [-0.2, 0) is 12.8 Å². The highest BCUT2D eigenvalue weighted by Crippen LogP contribution is 2.33. The lowest BCUT2D eigenvalue weighted by molar-refractivity contribution is 0.118. The first-order valence-corrected chi connectivity index (χ1v) is 12.7. The van der Waals surface area contributed by atoms with Crippen molar-refractivity contribution in [3.05, 3.63) is 29.5 Å². The van der Waals surface area contributed by atoms with Crippen LogP contribution < -0.4 is 4.74 Å². The van der Waals surface area contributed by atoms with Crippen LogP contribution in [0.1, 0.15) is 88.8 Å². The number of hydrogen-bond donors (Lipinski definition) is 1. The number of aromatic amines is 1. The molecule has 0 spiro atoms. The first-order valence-electron chi connectivity index (χ1n) is 12.7. The van der Waals surface area contributed by atoms with Gasteiger partial charge in [0.2, 0.25) is 0 Å². The normalized spacial score (nSPS) is 21.3. The summed E-state index contributed by atoms with van der Waals surface area (Å²) in [7, 11) is 1.77. The number of methoxy groups -OCH3 is 1. The largest absolute Gasteiger partial charge is 0.497 e. The van der Waals surface area contributed by atoms with E-state index in [4.69, 9.17) is 4.74 Å². The second-order valence-electron chi connectivity index (χ2n) is 9.77. The number of ether oxygens (including phenoxy) is 1. The molecule has 1 N–H and O–H groups in total. The van der Waals surface area contributed by atoms with Crippen molar-refractivity contribution >= 4 is 10.9 Å². The molecule has 1 aromatic heterocycles. The number of likely N-dealkylation sites (tertiary alicyclic amines) is 1. The van der Waals surface area contributed by atoms with Gasteiger partial charge in [-0.1, -0.05) is 51.9 Å². The van der Waals surface area contributed by atoms with E-state index in [9.17, 15) is 0 Å². The Kier molecular flexibility index (Phi) is 7.76. The number of benzene rings is 1. The molecule has 1 aliphatic heterocycles.